The van der Waals surface area contributed by atoms with E-state index in [0.29, 0.717) is 6.54 Å². The minimum absolute atomic E-state index is 0.0834. The molecule has 120 valence electrons. The van der Waals surface area contributed by atoms with Crippen molar-refractivity contribution in [2.75, 3.05) is 14.1 Å². The maximum atomic E-state index is 12.0. The summed E-state index contributed by atoms with van der Waals surface area (Å²) < 4.78 is 1.03. The zero-order valence-electron chi connectivity index (χ0n) is 13.5. The second-order valence-electron chi connectivity index (χ2n) is 5.76. The van der Waals surface area contributed by atoms with Crippen LogP contribution in [0.1, 0.15) is 16.7 Å². The smallest absolute Gasteiger partial charge is 0.244 e. The Morgan fingerprint density at radius 2 is 1.74 bits per heavy atom. The third-order valence-corrected chi connectivity index (χ3v) is 3.94. The third-order valence-electron chi connectivity index (χ3n) is 3.41. The van der Waals surface area contributed by atoms with Gasteiger partial charge in [-0.15, -0.1) is 0 Å². The fraction of sp³-hybridized carbons (Fsp3) is 0.211. The SMILES string of the molecule is C[NH+](C)Cc1ccccc1CNC(=O)/C=C/c1ccc(Br)cc1. The molecule has 0 aliphatic carbocycles. The van der Waals surface area contributed by atoms with Crippen LogP contribution in [0, 0.1) is 0 Å². The molecular formula is C19H22BrN2O+. The maximum absolute atomic E-state index is 12.0. The number of quaternary nitrogens is 1. The molecule has 0 saturated heterocycles. The van der Waals surface area contributed by atoms with Crippen molar-refractivity contribution in [3.05, 3.63) is 75.8 Å². The fourth-order valence-corrected chi connectivity index (χ4v) is 2.53. The summed E-state index contributed by atoms with van der Waals surface area (Å²) in [6.45, 7) is 1.49. The first-order valence-corrected chi connectivity index (χ1v) is 8.41. The van der Waals surface area contributed by atoms with E-state index < -0.39 is 0 Å². The van der Waals surface area contributed by atoms with Gasteiger partial charge in [0.2, 0.25) is 5.91 Å². The average molecular weight is 374 g/mol. The van der Waals surface area contributed by atoms with Gasteiger partial charge in [0.15, 0.2) is 0 Å². The van der Waals surface area contributed by atoms with Gasteiger partial charge >= 0.3 is 0 Å². The topological polar surface area (TPSA) is 33.5 Å². The summed E-state index contributed by atoms with van der Waals surface area (Å²) in [6, 6.07) is 16.1. The number of benzene rings is 2. The van der Waals surface area contributed by atoms with Gasteiger partial charge in [-0.1, -0.05) is 52.3 Å². The van der Waals surface area contributed by atoms with Crippen molar-refractivity contribution < 1.29 is 9.69 Å². The van der Waals surface area contributed by atoms with E-state index in [1.54, 1.807) is 6.08 Å². The predicted octanol–water partition coefficient (Wildman–Crippen LogP) is 2.42. The molecule has 0 unspecified atom stereocenters. The normalized spacial score (nSPS) is 11.1. The second kappa shape index (κ2) is 8.65. The van der Waals surface area contributed by atoms with Crippen molar-refractivity contribution in [1.29, 1.82) is 0 Å². The van der Waals surface area contributed by atoms with Crippen LogP contribution in [0.2, 0.25) is 0 Å². The number of halogens is 1. The van der Waals surface area contributed by atoms with Gasteiger partial charge < -0.3 is 10.2 Å². The van der Waals surface area contributed by atoms with E-state index in [2.05, 4.69) is 47.5 Å². The summed E-state index contributed by atoms with van der Waals surface area (Å²) in [7, 11) is 4.24. The minimum Gasteiger partial charge on any atom is -0.348 e. The molecule has 4 heteroatoms. The Morgan fingerprint density at radius 1 is 1.09 bits per heavy atom. The van der Waals surface area contributed by atoms with E-state index >= 15 is 0 Å². The molecule has 1 amide bonds. The van der Waals surface area contributed by atoms with Crippen molar-refractivity contribution >= 4 is 27.9 Å². The highest BCUT2D eigenvalue weighted by Gasteiger charge is 2.05. The van der Waals surface area contributed by atoms with Gasteiger partial charge in [0.05, 0.1) is 14.1 Å². The summed E-state index contributed by atoms with van der Waals surface area (Å²) in [5.74, 6) is -0.0834. The van der Waals surface area contributed by atoms with Gasteiger partial charge in [0, 0.05) is 22.7 Å². The van der Waals surface area contributed by atoms with Gasteiger partial charge in [-0.2, -0.15) is 0 Å². The van der Waals surface area contributed by atoms with Gasteiger partial charge in [-0.3, -0.25) is 4.79 Å². The Morgan fingerprint density at radius 3 is 2.39 bits per heavy atom. The monoisotopic (exact) mass is 373 g/mol. The van der Waals surface area contributed by atoms with Crippen LogP contribution >= 0.6 is 15.9 Å². The number of hydrogen-bond acceptors (Lipinski definition) is 1. The van der Waals surface area contributed by atoms with Crippen LogP contribution in [0.15, 0.2) is 59.1 Å². The first-order valence-electron chi connectivity index (χ1n) is 7.62. The molecule has 0 atom stereocenters. The summed E-state index contributed by atoms with van der Waals surface area (Å²) >= 11 is 3.39. The molecule has 0 heterocycles. The highest BCUT2D eigenvalue weighted by atomic mass is 79.9. The van der Waals surface area contributed by atoms with E-state index in [1.165, 1.54) is 16.0 Å². The standard InChI is InChI=1S/C19H21BrN2O/c1-22(2)14-17-6-4-3-5-16(17)13-21-19(23)12-9-15-7-10-18(20)11-8-15/h3-12H,13-14H2,1-2H3,(H,21,23)/p+1/b12-9+. The molecule has 3 nitrogen and oxygen atoms in total. The van der Waals surface area contributed by atoms with Gasteiger partial charge in [-0.25, -0.2) is 0 Å². The molecule has 2 rings (SSSR count). The number of carbonyl (C=O) groups excluding carboxylic acids is 1. The summed E-state index contributed by atoms with van der Waals surface area (Å²) in [6.07, 6.45) is 3.39. The lowest BCUT2D eigenvalue weighted by Gasteiger charge is -2.12. The number of rotatable bonds is 6. The molecule has 0 fully saturated rings. The van der Waals surface area contributed by atoms with Crippen LogP contribution < -0.4 is 10.2 Å². The number of hydrogen-bond donors (Lipinski definition) is 2. The molecule has 2 aromatic rings. The molecular weight excluding hydrogens is 352 g/mol. The summed E-state index contributed by atoms with van der Waals surface area (Å²) in [5, 5.41) is 2.95. The molecule has 0 aliphatic heterocycles. The Kier molecular flexibility index (Phi) is 6.56. The first-order chi connectivity index (χ1) is 11.0. The molecule has 23 heavy (non-hydrogen) atoms. The van der Waals surface area contributed by atoms with Gasteiger partial charge in [0.1, 0.15) is 6.54 Å². The Bertz CT molecular complexity index is 678. The quantitative estimate of drug-likeness (QED) is 0.749. The average Bonchev–Trinajstić information content (AvgIpc) is 2.53. The minimum atomic E-state index is -0.0834. The number of carbonyl (C=O) groups is 1. The molecule has 0 bridgehead atoms. The fourth-order valence-electron chi connectivity index (χ4n) is 2.27. The van der Waals surface area contributed by atoms with Crippen LogP contribution in [-0.2, 0) is 17.9 Å². The van der Waals surface area contributed by atoms with Crippen LogP contribution in [0.5, 0.6) is 0 Å². The van der Waals surface area contributed by atoms with Crippen LogP contribution in [0.25, 0.3) is 6.08 Å². The van der Waals surface area contributed by atoms with Crippen LogP contribution in [-0.4, -0.2) is 20.0 Å². The summed E-state index contributed by atoms with van der Waals surface area (Å²) in [4.78, 5) is 13.3. The zero-order valence-corrected chi connectivity index (χ0v) is 15.1. The molecule has 2 aromatic carbocycles. The van der Waals surface area contributed by atoms with E-state index in [4.69, 9.17) is 0 Å². The van der Waals surface area contributed by atoms with Crippen molar-refractivity contribution in [1.82, 2.24) is 5.32 Å². The van der Waals surface area contributed by atoms with Crippen molar-refractivity contribution in [3.63, 3.8) is 0 Å². The lowest BCUT2D eigenvalue weighted by Crippen LogP contribution is -3.04. The number of nitrogens with one attached hydrogen (secondary N) is 2. The van der Waals surface area contributed by atoms with Crippen molar-refractivity contribution in [2.45, 2.75) is 13.1 Å². The highest BCUT2D eigenvalue weighted by molar-refractivity contribution is 9.10. The van der Waals surface area contributed by atoms with E-state index in [-0.39, 0.29) is 5.91 Å². The molecule has 0 saturated carbocycles. The van der Waals surface area contributed by atoms with Crippen LogP contribution in [0.3, 0.4) is 0 Å². The third kappa shape index (κ3) is 6.00. The largest absolute Gasteiger partial charge is 0.348 e. The van der Waals surface area contributed by atoms with Crippen LogP contribution in [0.4, 0.5) is 0 Å². The molecule has 0 radical (unpaired) electrons. The van der Waals surface area contributed by atoms with Gasteiger partial charge in [-0.05, 0) is 29.3 Å². The molecule has 0 aliphatic rings. The van der Waals surface area contributed by atoms with E-state index in [0.717, 1.165) is 16.6 Å². The number of amides is 1. The summed E-state index contributed by atoms with van der Waals surface area (Å²) in [5.41, 5.74) is 3.43. The van der Waals surface area contributed by atoms with E-state index in [1.807, 2.05) is 42.5 Å². The zero-order chi connectivity index (χ0) is 16.7. The molecule has 0 spiro atoms. The maximum Gasteiger partial charge on any atom is 0.244 e. The molecule has 2 N–H and O–H groups in total. The predicted molar refractivity (Wildman–Crippen MR) is 98.0 cm³/mol. The highest BCUT2D eigenvalue weighted by Crippen LogP contribution is 2.11. The second-order valence-corrected chi connectivity index (χ2v) is 6.67. The Labute approximate surface area is 146 Å². The Balaban J connectivity index is 1.93. The first kappa shape index (κ1) is 17.4. The molecule has 0 aromatic heterocycles. The van der Waals surface area contributed by atoms with Gasteiger partial charge in [0.25, 0.3) is 0 Å². The lowest BCUT2D eigenvalue weighted by atomic mass is 10.1. The van der Waals surface area contributed by atoms with Crippen molar-refractivity contribution in [2.24, 2.45) is 0 Å². The Hall–Kier alpha value is -1.91. The van der Waals surface area contributed by atoms with Crippen molar-refractivity contribution in [3.8, 4) is 0 Å². The lowest BCUT2D eigenvalue weighted by molar-refractivity contribution is -0.872. The van der Waals surface area contributed by atoms with E-state index in [9.17, 15) is 4.79 Å².